The minimum atomic E-state index is -4.38. The van der Waals surface area contributed by atoms with Crippen LogP contribution in [0.5, 0.6) is 0 Å². The van der Waals surface area contributed by atoms with Crippen molar-refractivity contribution in [1.82, 2.24) is 4.98 Å². The quantitative estimate of drug-likeness (QED) is 0.699. The standard InChI is InChI=1S/C19H19NO4S/c1-4-15-12(2)10-11-16(25(21,22)23)17(15)18-13(3)24-19(20-18)14-8-6-5-7-9-14/h5-11H,4H2,1-3H3,(H,21,22,23). The van der Waals surface area contributed by atoms with Crippen molar-refractivity contribution < 1.29 is 17.4 Å². The molecule has 0 atom stereocenters. The van der Waals surface area contributed by atoms with E-state index in [9.17, 15) is 13.0 Å². The molecule has 6 heteroatoms. The molecule has 0 fully saturated rings. The van der Waals surface area contributed by atoms with Crippen LogP contribution in [0.1, 0.15) is 23.8 Å². The fraction of sp³-hybridized carbons (Fsp3) is 0.211. The maximum Gasteiger partial charge on any atom is 0.295 e. The molecule has 1 heterocycles. The number of oxazole rings is 1. The Labute approximate surface area is 147 Å². The van der Waals surface area contributed by atoms with E-state index >= 15 is 0 Å². The highest BCUT2D eigenvalue weighted by molar-refractivity contribution is 7.86. The van der Waals surface area contributed by atoms with Crippen LogP contribution in [-0.2, 0) is 16.5 Å². The molecule has 5 nitrogen and oxygen atoms in total. The van der Waals surface area contributed by atoms with Gasteiger partial charge >= 0.3 is 0 Å². The van der Waals surface area contributed by atoms with Crippen LogP contribution in [0.4, 0.5) is 0 Å². The lowest BCUT2D eigenvalue weighted by Gasteiger charge is -2.13. The second-order valence-electron chi connectivity index (χ2n) is 5.85. The molecule has 1 aromatic heterocycles. The predicted octanol–water partition coefficient (Wildman–Crippen LogP) is 4.43. The van der Waals surface area contributed by atoms with Gasteiger partial charge in [-0.05, 0) is 49.6 Å². The molecule has 0 radical (unpaired) electrons. The molecule has 0 aliphatic carbocycles. The van der Waals surface area contributed by atoms with Crippen LogP contribution < -0.4 is 0 Å². The van der Waals surface area contributed by atoms with Crippen LogP contribution in [0.3, 0.4) is 0 Å². The summed E-state index contributed by atoms with van der Waals surface area (Å²) < 4.78 is 39.2. The van der Waals surface area contributed by atoms with Crippen molar-refractivity contribution in [2.75, 3.05) is 0 Å². The highest BCUT2D eigenvalue weighted by Gasteiger charge is 2.25. The lowest BCUT2D eigenvalue weighted by Crippen LogP contribution is -2.05. The van der Waals surface area contributed by atoms with Gasteiger partial charge in [-0.25, -0.2) is 4.98 Å². The number of rotatable bonds is 4. The molecule has 2 aromatic carbocycles. The third-order valence-corrected chi connectivity index (χ3v) is 5.09. The summed E-state index contributed by atoms with van der Waals surface area (Å²) in [5, 5.41) is 0. The molecule has 0 saturated heterocycles. The smallest absolute Gasteiger partial charge is 0.295 e. The zero-order valence-corrected chi connectivity index (χ0v) is 15.1. The van der Waals surface area contributed by atoms with Crippen molar-refractivity contribution in [1.29, 1.82) is 0 Å². The average Bonchev–Trinajstić information content (AvgIpc) is 2.95. The molecular weight excluding hydrogens is 338 g/mol. The van der Waals surface area contributed by atoms with Crippen LogP contribution in [0.15, 0.2) is 51.8 Å². The monoisotopic (exact) mass is 357 g/mol. The van der Waals surface area contributed by atoms with Gasteiger partial charge < -0.3 is 4.42 Å². The van der Waals surface area contributed by atoms with Gasteiger partial charge in [0.05, 0.1) is 0 Å². The average molecular weight is 357 g/mol. The first-order valence-corrected chi connectivity index (χ1v) is 9.40. The number of nitrogens with zero attached hydrogens (tertiary/aromatic N) is 1. The van der Waals surface area contributed by atoms with Crippen molar-refractivity contribution in [3.8, 4) is 22.7 Å². The normalized spacial score (nSPS) is 11.7. The first-order chi connectivity index (χ1) is 11.8. The third kappa shape index (κ3) is 3.23. The zero-order valence-electron chi connectivity index (χ0n) is 14.3. The van der Waals surface area contributed by atoms with E-state index in [1.165, 1.54) is 6.07 Å². The topological polar surface area (TPSA) is 80.4 Å². The summed E-state index contributed by atoms with van der Waals surface area (Å²) in [4.78, 5) is 4.38. The van der Waals surface area contributed by atoms with Crippen molar-refractivity contribution in [2.45, 2.75) is 32.1 Å². The third-order valence-electron chi connectivity index (χ3n) is 4.19. The van der Waals surface area contributed by atoms with E-state index in [1.807, 2.05) is 44.2 Å². The highest BCUT2D eigenvalue weighted by Crippen LogP contribution is 2.36. The summed E-state index contributed by atoms with van der Waals surface area (Å²) in [6.45, 7) is 5.58. The number of hydrogen-bond acceptors (Lipinski definition) is 4. The van der Waals surface area contributed by atoms with Crippen LogP contribution >= 0.6 is 0 Å². The van der Waals surface area contributed by atoms with Gasteiger partial charge in [0.2, 0.25) is 5.89 Å². The molecule has 130 valence electrons. The fourth-order valence-electron chi connectivity index (χ4n) is 2.99. The summed E-state index contributed by atoms with van der Waals surface area (Å²) in [7, 11) is -4.38. The number of aryl methyl sites for hydroxylation is 2. The van der Waals surface area contributed by atoms with Gasteiger partial charge in [-0.2, -0.15) is 8.42 Å². The van der Waals surface area contributed by atoms with Gasteiger partial charge in [0.1, 0.15) is 16.3 Å². The lowest BCUT2D eigenvalue weighted by molar-refractivity contribution is 0.483. The van der Waals surface area contributed by atoms with Crippen molar-refractivity contribution in [3.63, 3.8) is 0 Å². The highest BCUT2D eigenvalue weighted by atomic mass is 32.2. The second-order valence-corrected chi connectivity index (χ2v) is 7.24. The maximum absolute atomic E-state index is 11.9. The van der Waals surface area contributed by atoms with Gasteiger partial charge in [0.15, 0.2) is 0 Å². The Kier molecular flexibility index (Phi) is 4.49. The minimum Gasteiger partial charge on any atom is -0.441 e. The van der Waals surface area contributed by atoms with Gasteiger partial charge in [-0.1, -0.05) is 31.2 Å². The summed E-state index contributed by atoms with van der Waals surface area (Å²) in [5.41, 5.74) is 3.41. The lowest BCUT2D eigenvalue weighted by atomic mass is 9.97. The van der Waals surface area contributed by atoms with E-state index in [1.54, 1.807) is 13.0 Å². The van der Waals surface area contributed by atoms with Crippen LogP contribution in [0.25, 0.3) is 22.7 Å². The Morgan fingerprint density at radius 2 is 1.76 bits per heavy atom. The summed E-state index contributed by atoms with van der Waals surface area (Å²) in [6.07, 6.45) is 0.609. The van der Waals surface area contributed by atoms with Gasteiger partial charge in [-0.3, -0.25) is 4.55 Å². The molecule has 0 aliphatic rings. The molecule has 0 spiro atoms. The first-order valence-electron chi connectivity index (χ1n) is 7.96. The first kappa shape index (κ1) is 17.4. The van der Waals surface area contributed by atoms with E-state index in [-0.39, 0.29) is 4.90 Å². The Morgan fingerprint density at radius 1 is 1.08 bits per heavy atom. The van der Waals surface area contributed by atoms with E-state index in [2.05, 4.69) is 4.98 Å². The SMILES string of the molecule is CCc1c(C)ccc(S(=O)(=O)O)c1-c1nc(-c2ccccc2)oc1C. The Balaban J connectivity index is 2.30. The number of hydrogen-bond donors (Lipinski definition) is 1. The van der Waals surface area contributed by atoms with Crippen LogP contribution in [-0.4, -0.2) is 18.0 Å². The molecule has 0 unspecified atom stereocenters. The molecule has 1 N–H and O–H groups in total. The zero-order chi connectivity index (χ0) is 18.2. The molecule has 0 amide bonds. The Bertz CT molecular complexity index is 1020. The van der Waals surface area contributed by atoms with E-state index in [0.29, 0.717) is 29.3 Å². The van der Waals surface area contributed by atoms with Crippen molar-refractivity contribution >= 4 is 10.1 Å². The van der Waals surface area contributed by atoms with Crippen LogP contribution in [0.2, 0.25) is 0 Å². The largest absolute Gasteiger partial charge is 0.441 e. The molecule has 0 bridgehead atoms. The second kappa shape index (κ2) is 6.46. The maximum atomic E-state index is 11.9. The van der Waals surface area contributed by atoms with E-state index < -0.39 is 10.1 Å². The van der Waals surface area contributed by atoms with Crippen molar-refractivity contribution in [2.24, 2.45) is 0 Å². The molecule has 3 aromatic rings. The predicted molar refractivity (Wildman–Crippen MR) is 96.0 cm³/mol. The molecule has 3 rings (SSSR count). The molecule has 25 heavy (non-hydrogen) atoms. The summed E-state index contributed by atoms with van der Waals surface area (Å²) >= 11 is 0. The van der Waals surface area contributed by atoms with E-state index in [0.717, 1.165) is 16.7 Å². The Morgan fingerprint density at radius 3 is 2.36 bits per heavy atom. The molecule has 0 aliphatic heterocycles. The van der Waals surface area contributed by atoms with E-state index in [4.69, 9.17) is 4.42 Å². The summed E-state index contributed by atoms with van der Waals surface area (Å²) in [6, 6.07) is 12.5. The van der Waals surface area contributed by atoms with Crippen molar-refractivity contribution in [3.05, 3.63) is 59.4 Å². The summed E-state index contributed by atoms with van der Waals surface area (Å²) in [5.74, 6) is 0.919. The fourth-order valence-corrected chi connectivity index (χ4v) is 3.71. The molecular formula is C19H19NO4S. The number of benzene rings is 2. The van der Waals surface area contributed by atoms with Crippen LogP contribution in [0, 0.1) is 13.8 Å². The Hall–Kier alpha value is -2.44. The minimum absolute atomic E-state index is 0.147. The molecule has 0 saturated carbocycles. The number of aromatic nitrogens is 1. The van der Waals surface area contributed by atoms with Gasteiger partial charge in [-0.15, -0.1) is 0 Å². The van der Waals surface area contributed by atoms with Gasteiger partial charge in [0, 0.05) is 11.1 Å². The van der Waals surface area contributed by atoms with Gasteiger partial charge in [0.25, 0.3) is 10.1 Å².